The van der Waals surface area contributed by atoms with Crippen molar-refractivity contribution in [1.82, 2.24) is 9.97 Å². The fourth-order valence-corrected chi connectivity index (χ4v) is 1.64. The smallest absolute Gasteiger partial charge is 0.107 e. The highest BCUT2D eigenvalue weighted by Gasteiger charge is 2.04. The zero-order valence-corrected chi connectivity index (χ0v) is 8.83. The maximum Gasteiger partial charge on any atom is 0.107 e. The van der Waals surface area contributed by atoms with Gasteiger partial charge in [-0.25, -0.2) is 4.98 Å². The fourth-order valence-electron chi connectivity index (χ4n) is 1.64. The molecule has 0 fully saturated rings. The number of hydrogen-bond donors (Lipinski definition) is 2. The van der Waals surface area contributed by atoms with Crippen LogP contribution in [-0.2, 0) is 6.42 Å². The number of hydrogen-bond acceptors (Lipinski definition) is 2. The highest BCUT2D eigenvalue weighted by molar-refractivity contribution is 5.62. The largest absolute Gasteiger partial charge is 0.342 e. The molecule has 3 nitrogen and oxygen atoms in total. The number of nitrogens with zero attached hydrogens (tertiary/aromatic N) is 1. The molecule has 0 aliphatic rings. The van der Waals surface area contributed by atoms with E-state index < -0.39 is 0 Å². The van der Waals surface area contributed by atoms with Crippen molar-refractivity contribution in [2.24, 2.45) is 5.73 Å². The molecule has 0 aliphatic carbocycles. The van der Waals surface area contributed by atoms with Crippen molar-refractivity contribution in [2.45, 2.75) is 13.3 Å². The van der Waals surface area contributed by atoms with Gasteiger partial charge in [-0.05, 0) is 19.0 Å². The monoisotopic (exact) mass is 201 g/mol. The van der Waals surface area contributed by atoms with E-state index in [4.69, 9.17) is 5.73 Å². The molecule has 15 heavy (non-hydrogen) atoms. The summed E-state index contributed by atoms with van der Waals surface area (Å²) in [5.41, 5.74) is 9.00. The van der Waals surface area contributed by atoms with Gasteiger partial charge in [0, 0.05) is 12.0 Å². The number of nitrogens with two attached hydrogens (primary N) is 1. The minimum atomic E-state index is 0.626. The number of aryl methyl sites for hydroxylation is 1. The molecule has 3 N–H and O–H groups in total. The highest BCUT2D eigenvalue weighted by Crippen LogP contribution is 2.20. The maximum absolute atomic E-state index is 5.48. The second-order valence-corrected chi connectivity index (χ2v) is 3.60. The van der Waals surface area contributed by atoms with E-state index in [-0.39, 0.29) is 0 Å². The molecule has 0 unspecified atom stereocenters. The topological polar surface area (TPSA) is 54.7 Å². The van der Waals surface area contributed by atoms with Crippen LogP contribution in [0.25, 0.3) is 11.3 Å². The number of nitrogens with one attached hydrogen (secondary N) is 1. The summed E-state index contributed by atoms with van der Waals surface area (Å²) in [6.45, 7) is 2.72. The molecule has 1 heterocycles. The fraction of sp³-hybridized carbons (Fsp3) is 0.250. The first-order valence-corrected chi connectivity index (χ1v) is 5.11. The van der Waals surface area contributed by atoms with Gasteiger partial charge in [0.1, 0.15) is 5.82 Å². The molecule has 3 heteroatoms. The number of aromatic nitrogens is 2. The number of rotatable bonds is 3. The van der Waals surface area contributed by atoms with Gasteiger partial charge in [-0.2, -0.15) is 0 Å². The molecule has 0 radical (unpaired) electrons. The summed E-state index contributed by atoms with van der Waals surface area (Å²) in [7, 11) is 0. The molecular formula is C12H15N3. The number of H-pyrrole nitrogens is 1. The Kier molecular flexibility index (Phi) is 2.83. The Labute approximate surface area is 89.4 Å². The molecule has 0 atom stereocenters. The molecule has 1 aromatic heterocycles. The van der Waals surface area contributed by atoms with Crippen LogP contribution < -0.4 is 5.73 Å². The van der Waals surface area contributed by atoms with Crippen LogP contribution in [0.1, 0.15) is 11.4 Å². The predicted molar refractivity (Wildman–Crippen MR) is 61.5 cm³/mol. The summed E-state index contributed by atoms with van der Waals surface area (Å²) in [6.07, 6.45) is 2.67. The van der Waals surface area contributed by atoms with Crippen LogP contribution in [0.3, 0.4) is 0 Å². The van der Waals surface area contributed by atoms with Crippen molar-refractivity contribution >= 4 is 0 Å². The Hall–Kier alpha value is -1.61. The summed E-state index contributed by atoms with van der Waals surface area (Å²) < 4.78 is 0. The second-order valence-electron chi connectivity index (χ2n) is 3.60. The molecule has 0 aliphatic heterocycles. The van der Waals surface area contributed by atoms with E-state index in [1.165, 1.54) is 11.1 Å². The summed E-state index contributed by atoms with van der Waals surface area (Å²) >= 11 is 0. The molecule has 1 aromatic carbocycles. The average Bonchev–Trinajstić information content (AvgIpc) is 2.68. The maximum atomic E-state index is 5.48. The van der Waals surface area contributed by atoms with Crippen LogP contribution in [-0.4, -0.2) is 16.5 Å². The minimum absolute atomic E-state index is 0.626. The number of aromatic amines is 1. The molecule has 0 saturated carbocycles. The Morgan fingerprint density at radius 1 is 1.33 bits per heavy atom. The van der Waals surface area contributed by atoms with E-state index >= 15 is 0 Å². The van der Waals surface area contributed by atoms with Crippen LogP contribution in [0.2, 0.25) is 0 Å². The Morgan fingerprint density at radius 3 is 2.87 bits per heavy atom. The number of benzene rings is 1. The molecule has 0 saturated heterocycles. The highest BCUT2D eigenvalue weighted by atomic mass is 14.9. The Bertz CT molecular complexity index is 446. The van der Waals surface area contributed by atoms with Gasteiger partial charge in [0.25, 0.3) is 0 Å². The summed E-state index contributed by atoms with van der Waals surface area (Å²) in [4.78, 5) is 7.57. The number of imidazole rings is 1. The summed E-state index contributed by atoms with van der Waals surface area (Å²) in [6, 6.07) is 8.26. The summed E-state index contributed by atoms with van der Waals surface area (Å²) in [5.74, 6) is 0.954. The lowest BCUT2D eigenvalue weighted by Gasteiger charge is -2.01. The van der Waals surface area contributed by atoms with Gasteiger partial charge in [-0.15, -0.1) is 0 Å². The molecule has 2 rings (SSSR count). The second kappa shape index (κ2) is 4.28. The van der Waals surface area contributed by atoms with E-state index in [0.717, 1.165) is 17.9 Å². The molecule has 0 spiro atoms. The molecule has 78 valence electrons. The van der Waals surface area contributed by atoms with Crippen molar-refractivity contribution in [3.05, 3.63) is 41.9 Å². The van der Waals surface area contributed by atoms with Gasteiger partial charge >= 0.3 is 0 Å². The SMILES string of the molecule is Cc1ccccc1-c1cnc(CCN)[nH]1. The van der Waals surface area contributed by atoms with Crippen molar-refractivity contribution in [3.8, 4) is 11.3 Å². The Morgan fingerprint density at radius 2 is 2.13 bits per heavy atom. The standard InChI is InChI=1S/C12H15N3/c1-9-4-2-3-5-10(9)11-8-14-12(15-11)6-7-13/h2-5,8H,6-7,13H2,1H3,(H,14,15). The summed E-state index contributed by atoms with van der Waals surface area (Å²) in [5, 5.41) is 0. The first-order valence-electron chi connectivity index (χ1n) is 5.11. The van der Waals surface area contributed by atoms with Crippen LogP contribution in [0.15, 0.2) is 30.5 Å². The van der Waals surface area contributed by atoms with Crippen molar-refractivity contribution in [1.29, 1.82) is 0 Å². The zero-order chi connectivity index (χ0) is 10.7. The van der Waals surface area contributed by atoms with E-state index in [1.54, 1.807) is 0 Å². The van der Waals surface area contributed by atoms with Crippen molar-refractivity contribution < 1.29 is 0 Å². The zero-order valence-electron chi connectivity index (χ0n) is 8.83. The third kappa shape index (κ3) is 2.07. The van der Waals surface area contributed by atoms with Gasteiger partial charge < -0.3 is 10.7 Å². The van der Waals surface area contributed by atoms with Gasteiger partial charge in [0.05, 0.1) is 11.9 Å². The van der Waals surface area contributed by atoms with Crippen molar-refractivity contribution in [3.63, 3.8) is 0 Å². The van der Waals surface area contributed by atoms with E-state index in [0.29, 0.717) is 6.54 Å². The normalized spacial score (nSPS) is 10.5. The van der Waals surface area contributed by atoms with Crippen LogP contribution >= 0.6 is 0 Å². The molecular weight excluding hydrogens is 186 g/mol. The molecule has 0 amide bonds. The van der Waals surface area contributed by atoms with Crippen LogP contribution in [0, 0.1) is 6.92 Å². The van der Waals surface area contributed by atoms with Crippen LogP contribution in [0.4, 0.5) is 0 Å². The third-order valence-electron chi connectivity index (χ3n) is 2.44. The lowest BCUT2D eigenvalue weighted by molar-refractivity contribution is 0.895. The van der Waals surface area contributed by atoms with Crippen LogP contribution in [0.5, 0.6) is 0 Å². The van der Waals surface area contributed by atoms with E-state index in [2.05, 4.69) is 29.0 Å². The predicted octanol–water partition coefficient (Wildman–Crippen LogP) is 1.89. The lowest BCUT2D eigenvalue weighted by atomic mass is 10.1. The third-order valence-corrected chi connectivity index (χ3v) is 2.44. The minimum Gasteiger partial charge on any atom is -0.342 e. The molecule has 0 bridgehead atoms. The van der Waals surface area contributed by atoms with E-state index in [9.17, 15) is 0 Å². The van der Waals surface area contributed by atoms with Gasteiger partial charge in [0.15, 0.2) is 0 Å². The quantitative estimate of drug-likeness (QED) is 0.796. The first-order chi connectivity index (χ1) is 7.31. The molecule has 2 aromatic rings. The average molecular weight is 201 g/mol. The lowest BCUT2D eigenvalue weighted by Crippen LogP contribution is -2.03. The van der Waals surface area contributed by atoms with E-state index in [1.807, 2.05) is 18.3 Å². The van der Waals surface area contributed by atoms with Crippen molar-refractivity contribution in [2.75, 3.05) is 6.54 Å². The Balaban J connectivity index is 2.33. The van der Waals surface area contributed by atoms with Gasteiger partial charge in [-0.3, -0.25) is 0 Å². The van der Waals surface area contributed by atoms with Gasteiger partial charge in [0.2, 0.25) is 0 Å². The van der Waals surface area contributed by atoms with Gasteiger partial charge in [-0.1, -0.05) is 24.3 Å². The first kappa shape index (κ1) is 9.93.